The molecule has 1 fully saturated rings. The largest absolute Gasteiger partial charge is 0.396 e. The molecule has 2 aromatic rings. The lowest BCUT2D eigenvalue weighted by atomic mass is 10.00. The summed E-state index contributed by atoms with van der Waals surface area (Å²) >= 11 is 1.17. The van der Waals surface area contributed by atoms with Gasteiger partial charge in [0.2, 0.25) is 0 Å². The number of hydrogen-bond acceptors (Lipinski definition) is 5. The minimum atomic E-state index is -0.00117. The molecule has 1 saturated heterocycles. The van der Waals surface area contributed by atoms with Crippen LogP contribution in [-0.2, 0) is 0 Å². The fourth-order valence-electron chi connectivity index (χ4n) is 2.66. The van der Waals surface area contributed by atoms with Gasteiger partial charge in [0, 0.05) is 19.3 Å². The van der Waals surface area contributed by atoms with E-state index in [0.29, 0.717) is 27.9 Å². The molecule has 0 radical (unpaired) electrons. The number of anilines is 1. The van der Waals surface area contributed by atoms with E-state index in [-0.39, 0.29) is 5.91 Å². The van der Waals surface area contributed by atoms with E-state index in [1.165, 1.54) is 18.0 Å². The van der Waals surface area contributed by atoms with Gasteiger partial charge in [-0.25, -0.2) is 0 Å². The minimum absolute atomic E-state index is 0.00117. The van der Waals surface area contributed by atoms with Crippen LogP contribution in [0.1, 0.15) is 29.4 Å². The minimum Gasteiger partial charge on any atom is -0.396 e. The molecule has 3 rings (SSSR count). The molecule has 1 unspecified atom stereocenters. The number of hydrogen-bond donors (Lipinski definition) is 1. The van der Waals surface area contributed by atoms with Gasteiger partial charge in [0.1, 0.15) is 10.6 Å². The third-order valence-electron chi connectivity index (χ3n) is 3.77. The third-order valence-corrected chi connectivity index (χ3v) is 4.62. The molecule has 6 heteroatoms. The first-order valence-corrected chi connectivity index (χ1v) is 7.90. The van der Waals surface area contributed by atoms with Gasteiger partial charge in [0.25, 0.3) is 5.91 Å². The Balaban J connectivity index is 1.87. The summed E-state index contributed by atoms with van der Waals surface area (Å²) in [6, 6.07) is 5.57. The van der Waals surface area contributed by atoms with Gasteiger partial charge in [-0.1, -0.05) is 13.0 Å². The van der Waals surface area contributed by atoms with Gasteiger partial charge in [-0.15, -0.1) is 0 Å². The predicted octanol–water partition coefficient (Wildman–Crippen LogP) is 2.66. The summed E-state index contributed by atoms with van der Waals surface area (Å²) in [5, 5.41) is 0. The molecular formula is C15H18N4OS. The first-order chi connectivity index (χ1) is 10.2. The Morgan fingerprint density at radius 2 is 2.33 bits per heavy atom. The number of likely N-dealkylation sites (tertiary alicyclic amines) is 1. The van der Waals surface area contributed by atoms with Gasteiger partial charge in [0.05, 0.1) is 11.4 Å². The Bertz CT molecular complexity index is 640. The summed E-state index contributed by atoms with van der Waals surface area (Å²) in [4.78, 5) is 19.3. The highest BCUT2D eigenvalue weighted by Crippen LogP contribution is 2.31. The SMILES string of the molecule is CC1CCCN(C(=O)c2snc(-c3ccccn3)c2N)C1. The number of pyridine rings is 1. The molecule has 110 valence electrons. The van der Waals surface area contributed by atoms with Crippen molar-refractivity contribution in [1.82, 2.24) is 14.3 Å². The number of amides is 1. The molecule has 1 atom stereocenters. The highest BCUT2D eigenvalue weighted by Gasteiger charge is 2.26. The van der Waals surface area contributed by atoms with E-state index in [9.17, 15) is 4.79 Å². The fraction of sp³-hybridized carbons (Fsp3) is 0.400. The predicted molar refractivity (Wildman–Crippen MR) is 84.1 cm³/mol. The summed E-state index contributed by atoms with van der Waals surface area (Å²) in [5.74, 6) is 0.547. The number of nitrogens with two attached hydrogens (primary N) is 1. The van der Waals surface area contributed by atoms with Gasteiger partial charge < -0.3 is 10.6 Å². The van der Waals surface area contributed by atoms with Crippen molar-refractivity contribution in [2.24, 2.45) is 5.92 Å². The van der Waals surface area contributed by atoms with Crippen molar-refractivity contribution in [1.29, 1.82) is 0 Å². The Hall–Kier alpha value is -1.95. The van der Waals surface area contributed by atoms with Gasteiger partial charge in [-0.05, 0) is 42.4 Å². The van der Waals surface area contributed by atoms with E-state index in [1.54, 1.807) is 6.20 Å². The first-order valence-electron chi connectivity index (χ1n) is 7.12. The van der Waals surface area contributed by atoms with Gasteiger partial charge >= 0.3 is 0 Å². The lowest BCUT2D eigenvalue weighted by Gasteiger charge is -2.30. The van der Waals surface area contributed by atoms with Crippen LogP contribution in [0.25, 0.3) is 11.4 Å². The van der Waals surface area contributed by atoms with Crippen molar-refractivity contribution in [3.63, 3.8) is 0 Å². The lowest BCUT2D eigenvalue weighted by Crippen LogP contribution is -2.39. The van der Waals surface area contributed by atoms with Crippen LogP contribution >= 0.6 is 11.5 Å². The molecule has 0 saturated carbocycles. The molecular weight excluding hydrogens is 284 g/mol. The van der Waals surface area contributed by atoms with Crippen LogP contribution in [0, 0.1) is 5.92 Å². The molecule has 2 N–H and O–H groups in total. The fourth-order valence-corrected chi connectivity index (χ4v) is 3.43. The highest BCUT2D eigenvalue weighted by molar-refractivity contribution is 7.09. The van der Waals surface area contributed by atoms with Crippen LogP contribution in [0.3, 0.4) is 0 Å². The maximum absolute atomic E-state index is 12.6. The van der Waals surface area contributed by atoms with Crippen LogP contribution in [0.2, 0.25) is 0 Å². The number of rotatable bonds is 2. The summed E-state index contributed by atoms with van der Waals surface area (Å²) in [7, 11) is 0. The Morgan fingerprint density at radius 3 is 3.05 bits per heavy atom. The first kappa shape index (κ1) is 14.0. The molecule has 5 nitrogen and oxygen atoms in total. The second kappa shape index (κ2) is 5.81. The standard InChI is InChI=1S/C15H18N4OS/c1-10-5-4-8-19(9-10)15(20)14-12(16)13(18-21-14)11-6-2-3-7-17-11/h2-3,6-7,10H,4-5,8-9,16H2,1H3. The van der Waals surface area contributed by atoms with Crippen molar-refractivity contribution >= 4 is 23.1 Å². The smallest absolute Gasteiger partial charge is 0.267 e. The molecule has 0 aromatic carbocycles. The Kier molecular flexibility index (Phi) is 3.88. The zero-order chi connectivity index (χ0) is 14.8. The van der Waals surface area contributed by atoms with Crippen LogP contribution in [0.15, 0.2) is 24.4 Å². The maximum atomic E-state index is 12.6. The maximum Gasteiger partial charge on any atom is 0.267 e. The van der Waals surface area contributed by atoms with E-state index in [4.69, 9.17) is 5.73 Å². The molecule has 1 amide bonds. The van der Waals surface area contributed by atoms with E-state index < -0.39 is 0 Å². The van der Waals surface area contributed by atoms with Gasteiger partial charge in [0.15, 0.2) is 0 Å². The molecule has 21 heavy (non-hydrogen) atoms. The van der Waals surface area contributed by atoms with Crippen molar-refractivity contribution in [2.75, 3.05) is 18.8 Å². The summed E-state index contributed by atoms with van der Waals surface area (Å²) < 4.78 is 4.33. The monoisotopic (exact) mass is 302 g/mol. The number of nitrogens with zero attached hydrogens (tertiary/aromatic N) is 3. The van der Waals surface area contributed by atoms with E-state index in [1.807, 2.05) is 23.1 Å². The zero-order valence-corrected chi connectivity index (χ0v) is 12.8. The van der Waals surface area contributed by atoms with Crippen LogP contribution in [0.5, 0.6) is 0 Å². The van der Waals surface area contributed by atoms with Crippen LogP contribution in [0.4, 0.5) is 5.69 Å². The van der Waals surface area contributed by atoms with E-state index in [0.717, 1.165) is 19.5 Å². The van der Waals surface area contributed by atoms with Gasteiger partial charge in [-0.2, -0.15) is 4.37 Å². The van der Waals surface area contributed by atoms with E-state index >= 15 is 0 Å². The van der Waals surface area contributed by atoms with E-state index in [2.05, 4.69) is 16.3 Å². The van der Waals surface area contributed by atoms with Crippen LogP contribution in [-0.4, -0.2) is 33.3 Å². The summed E-state index contributed by atoms with van der Waals surface area (Å²) in [6.07, 6.45) is 3.93. The molecule has 1 aliphatic heterocycles. The van der Waals surface area contributed by atoms with Crippen molar-refractivity contribution in [2.45, 2.75) is 19.8 Å². The quantitative estimate of drug-likeness (QED) is 0.925. The molecule has 0 bridgehead atoms. The van der Waals surface area contributed by atoms with Gasteiger partial charge in [-0.3, -0.25) is 9.78 Å². The van der Waals surface area contributed by atoms with Crippen molar-refractivity contribution in [3.05, 3.63) is 29.3 Å². The Morgan fingerprint density at radius 1 is 1.48 bits per heavy atom. The molecule has 1 aliphatic rings. The third kappa shape index (κ3) is 2.76. The Labute approximate surface area is 128 Å². The molecule has 0 aliphatic carbocycles. The number of carbonyl (C=O) groups excluding carboxylic acids is 1. The number of nitrogen functional groups attached to an aromatic ring is 1. The number of carbonyl (C=O) groups is 1. The molecule has 3 heterocycles. The number of aromatic nitrogens is 2. The topological polar surface area (TPSA) is 72.1 Å². The lowest BCUT2D eigenvalue weighted by molar-refractivity contribution is 0.0689. The van der Waals surface area contributed by atoms with Crippen molar-refractivity contribution < 1.29 is 4.79 Å². The molecule has 0 spiro atoms. The highest BCUT2D eigenvalue weighted by atomic mass is 32.1. The summed E-state index contributed by atoms with van der Waals surface area (Å²) in [6.45, 7) is 3.78. The number of piperidine rings is 1. The summed E-state index contributed by atoms with van der Waals surface area (Å²) in [5.41, 5.74) is 7.90. The zero-order valence-electron chi connectivity index (χ0n) is 12.0. The van der Waals surface area contributed by atoms with Crippen LogP contribution < -0.4 is 5.73 Å². The second-order valence-corrected chi connectivity index (χ2v) is 6.26. The normalized spacial score (nSPS) is 18.7. The van der Waals surface area contributed by atoms with Crippen molar-refractivity contribution in [3.8, 4) is 11.4 Å². The second-order valence-electron chi connectivity index (χ2n) is 5.49. The molecule has 2 aromatic heterocycles. The average Bonchev–Trinajstić information content (AvgIpc) is 2.89. The average molecular weight is 302 g/mol.